The third kappa shape index (κ3) is 0.901. The SMILES string of the molecule is C1=CC2CC(C3CCCC3)C2C1. The van der Waals surface area contributed by atoms with Gasteiger partial charge in [-0.3, -0.25) is 0 Å². The third-order valence-electron chi connectivity index (χ3n) is 4.44. The number of hydrogen-bond donors (Lipinski definition) is 0. The summed E-state index contributed by atoms with van der Waals surface area (Å²) in [5, 5.41) is 0. The van der Waals surface area contributed by atoms with Gasteiger partial charge in [-0.2, -0.15) is 0 Å². The van der Waals surface area contributed by atoms with Crippen LogP contribution in [0.4, 0.5) is 0 Å². The van der Waals surface area contributed by atoms with Crippen molar-refractivity contribution in [2.45, 2.75) is 38.5 Å². The highest BCUT2D eigenvalue weighted by Crippen LogP contribution is 2.53. The molecule has 0 bridgehead atoms. The van der Waals surface area contributed by atoms with Gasteiger partial charge in [-0.05, 0) is 36.5 Å². The van der Waals surface area contributed by atoms with Crippen molar-refractivity contribution in [3.05, 3.63) is 12.2 Å². The maximum Gasteiger partial charge on any atom is -0.0197 e. The van der Waals surface area contributed by atoms with Gasteiger partial charge in [0.25, 0.3) is 0 Å². The lowest BCUT2D eigenvalue weighted by molar-refractivity contribution is 0.0668. The topological polar surface area (TPSA) is 0 Å². The van der Waals surface area contributed by atoms with Crippen LogP contribution in [0, 0.1) is 23.7 Å². The average Bonchev–Trinajstić information content (AvgIpc) is 2.62. The maximum atomic E-state index is 2.47. The van der Waals surface area contributed by atoms with Crippen LogP contribution in [0.3, 0.4) is 0 Å². The summed E-state index contributed by atoms with van der Waals surface area (Å²) in [6, 6.07) is 0. The molecule has 66 valence electrons. The van der Waals surface area contributed by atoms with Gasteiger partial charge >= 0.3 is 0 Å². The zero-order valence-corrected chi connectivity index (χ0v) is 7.71. The van der Waals surface area contributed by atoms with Gasteiger partial charge in [-0.25, -0.2) is 0 Å². The Hall–Kier alpha value is -0.260. The Balaban J connectivity index is 1.65. The Labute approximate surface area is 75.0 Å². The highest BCUT2D eigenvalue weighted by molar-refractivity contribution is 5.10. The lowest BCUT2D eigenvalue weighted by Crippen LogP contribution is -2.37. The quantitative estimate of drug-likeness (QED) is 0.518. The smallest absolute Gasteiger partial charge is 0.0197 e. The van der Waals surface area contributed by atoms with Crippen LogP contribution in [0.25, 0.3) is 0 Å². The Bertz CT molecular complexity index is 196. The van der Waals surface area contributed by atoms with Crippen LogP contribution in [-0.2, 0) is 0 Å². The van der Waals surface area contributed by atoms with E-state index in [0.717, 1.165) is 23.7 Å². The van der Waals surface area contributed by atoms with Crippen molar-refractivity contribution < 1.29 is 0 Å². The van der Waals surface area contributed by atoms with Gasteiger partial charge in [0.15, 0.2) is 0 Å². The Kier molecular flexibility index (Phi) is 1.56. The van der Waals surface area contributed by atoms with Gasteiger partial charge in [0.2, 0.25) is 0 Å². The van der Waals surface area contributed by atoms with Crippen LogP contribution in [-0.4, -0.2) is 0 Å². The van der Waals surface area contributed by atoms with E-state index in [0.29, 0.717) is 0 Å². The Morgan fingerprint density at radius 2 is 1.83 bits per heavy atom. The normalized spacial score (nSPS) is 46.2. The summed E-state index contributed by atoms with van der Waals surface area (Å²) in [6.07, 6.45) is 14.0. The molecule has 3 unspecified atom stereocenters. The molecule has 0 heteroatoms. The fraction of sp³-hybridized carbons (Fsp3) is 0.833. The average molecular weight is 162 g/mol. The molecule has 0 amide bonds. The number of rotatable bonds is 1. The first-order valence-corrected chi connectivity index (χ1v) is 5.62. The van der Waals surface area contributed by atoms with Gasteiger partial charge in [0.05, 0.1) is 0 Å². The minimum atomic E-state index is 1.01. The van der Waals surface area contributed by atoms with Crippen LogP contribution in [0.5, 0.6) is 0 Å². The van der Waals surface area contributed by atoms with Crippen molar-refractivity contribution >= 4 is 0 Å². The molecule has 0 nitrogen and oxygen atoms in total. The molecule has 0 N–H and O–H groups in total. The summed E-state index contributed by atoms with van der Waals surface area (Å²) in [5.41, 5.74) is 0. The summed E-state index contributed by atoms with van der Waals surface area (Å²) in [5.74, 6) is 4.36. The van der Waals surface area contributed by atoms with E-state index in [1.807, 2.05) is 0 Å². The second kappa shape index (κ2) is 2.61. The summed E-state index contributed by atoms with van der Waals surface area (Å²) in [7, 11) is 0. The molecule has 0 spiro atoms. The van der Waals surface area contributed by atoms with E-state index in [9.17, 15) is 0 Å². The molecule has 0 aromatic carbocycles. The molecule has 0 aliphatic heterocycles. The molecule has 0 heterocycles. The van der Waals surface area contributed by atoms with Gasteiger partial charge in [-0.15, -0.1) is 0 Å². The molecule has 2 fully saturated rings. The van der Waals surface area contributed by atoms with E-state index in [4.69, 9.17) is 0 Å². The fourth-order valence-corrected chi connectivity index (χ4v) is 3.69. The van der Waals surface area contributed by atoms with Crippen molar-refractivity contribution in [1.29, 1.82) is 0 Å². The monoisotopic (exact) mass is 162 g/mol. The second-order valence-corrected chi connectivity index (χ2v) is 4.94. The Morgan fingerprint density at radius 3 is 2.58 bits per heavy atom. The number of allylic oxidation sites excluding steroid dienone is 2. The zero-order valence-electron chi connectivity index (χ0n) is 7.71. The van der Waals surface area contributed by atoms with Crippen molar-refractivity contribution in [2.24, 2.45) is 23.7 Å². The first-order chi connectivity index (χ1) is 5.95. The molecule has 3 atom stereocenters. The van der Waals surface area contributed by atoms with Crippen molar-refractivity contribution in [1.82, 2.24) is 0 Å². The van der Waals surface area contributed by atoms with Crippen molar-refractivity contribution in [2.75, 3.05) is 0 Å². The Morgan fingerprint density at radius 1 is 1.00 bits per heavy atom. The maximum absolute atomic E-state index is 2.47. The molecule has 0 aromatic rings. The van der Waals surface area contributed by atoms with E-state index in [-0.39, 0.29) is 0 Å². The van der Waals surface area contributed by atoms with E-state index in [1.54, 1.807) is 12.8 Å². The standard InChI is InChI=1S/C12H18/c1-2-5-9(4-1)12-8-10-6-3-7-11(10)12/h3,6,9-12H,1-2,4-5,7-8H2. The molecular weight excluding hydrogens is 144 g/mol. The van der Waals surface area contributed by atoms with Crippen molar-refractivity contribution in [3.63, 3.8) is 0 Å². The minimum absolute atomic E-state index is 1.01. The summed E-state index contributed by atoms with van der Waals surface area (Å²) < 4.78 is 0. The van der Waals surface area contributed by atoms with E-state index < -0.39 is 0 Å². The van der Waals surface area contributed by atoms with Gasteiger partial charge in [0, 0.05) is 0 Å². The molecule has 3 rings (SSSR count). The van der Waals surface area contributed by atoms with Crippen LogP contribution >= 0.6 is 0 Å². The van der Waals surface area contributed by atoms with Gasteiger partial charge in [0.1, 0.15) is 0 Å². The molecule has 3 aliphatic carbocycles. The predicted molar refractivity (Wildman–Crippen MR) is 50.8 cm³/mol. The van der Waals surface area contributed by atoms with Crippen molar-refractivity contribution in [3.8, 4) is 0 Å². The molecule has 2 saturated carbocycles. The number of fused-ring (bicyclic) bond motifs is 1. The lowest BCUT2D eigenvalue weighted by atomic mass is 9.61. The van der Waals surface area contributed by atoms with Crippen LogP contribution in [0.1, 0.15) is 38.5 Å². The van der Waals surface area contributed by atoms with Crippen LogP contribution in [0.2, 0.25) is 0 Å². The first kappa shape index (κ1) is 7.17. The minimum Gasteiger partial charge on any atom is -0.0879 e. The molecular formula is C12H18. The summed E-state index contributed by atoms with van der Waals surface area (Å²) in [4.78, 5) is 0. The van der Waals surface area contributed by atoms with Crippen LogP contribution < -0.4 is 0 Å². The predicted octanol–water partition coefficient (Wildman–Crippen LogP) is 3.39. The molecule has 0 aromatic heterocycles. The second-order valence-electron chi connectivity index (χ2n) is 4.94. The third-order valence-corrected chi connectivity index (χ3v) is 4.44. The first-order valence-electron chi connectivity index (χ1n) is 5.62. The highest BCUT2D eigenvalue weighted by atomic mass is 14.5. The lowest BCUT2D eigenvalue weighted by Gasteiger charge is -2.44. The molecule has 0 saturated heterocycles. The van der Waals surface area contributed by atoms with E-state index in [2.05, 4.69) is 12.2 Å². The molecule has 12 heavy (non-hydrogen) atoms. The van der Waals surface area contributed by atoms with E-state index in [1.165, 1.54) is 25.7 Å². The largest absolute Gasteiger partial charge is 0.0879 e. The molecule has 3 aliphatic rings. The fourth-order valence-electron chi connectivity index (χ4n) is 3.69. The highest BCUT2D eigenvalue weighted by Gasteiger charge is 2.45. The van der Waals surface area contributed by atoms with Gasteiger partial charge < -0.3 is 0 Å². The number of hydrogen-bond acceptors (Lipinski definition) is 0. The van der Waals surface area contributed by atoms with Gasteiger partial charge in [-0.1, -0.05) is 37.8 Å². The summed E-state index contributed by atoms with van der Waals surface area (Å²) >= 11 is 0. The van der Waals surface area contributed by atoms with Crippen LogP contribution in [0.15, 0.2) is 12.2 Å². The zero-order chi connectivity index (χ0) is 7.97. The molecule has 0 radical (unpaired) electrons. The summed E-state index contributed by atoms with van der Waals surface area (Å²) in [6.45, 7) is 0. The van der Waals surface area contributed by atoms with E-state index >= 15 is 0 Å².